The Labute approximate surface area is 124 Å². The van der Waals surface area contributed by atoms with Crippen molar-refractivity contribution in [1.29, 1.82) is 0 Å². The molecule has 1 aromatic heterocycles. The van der Waals surface area contributed by atoms with Crippen molar-refractivity contribution < 1.29 is 0 Å². The second-order valence-corrected chi connectivity index (χ2v) is 6.71. The van der Waals surface area contributed by atoms with Crippen LogP contribution >= 0.6 is 11.3 Å². The molecule has 20 heavy (non-hydrogen) atoms. The smallest absolute Gasteiger partial charge is 0.190 e. The van der Waals surface area contributed by atoms with Gasteiger partial charge in [0.1, 0.15) is 0 Å². The third-order valence-corrected chi connectivity index (χ3v) is 5.14. The average Bonchev–Trinajstić information content (AvgIpc) is 3.02. The summed E-state index contributed by atoms with van der Waals surface area (Å²) in [6.45, 7) is 6.48. The Morgan fingerprint density at radius 1 is 1.15 bits per heavy atom. The minimum absolute atomic E-state index is 0.658. The van der Waals surface area contributed by atoms with Gasteiger partial charge in [-0.05, 0) is 45.2 Å². The van der Waals surface area contributed by atoms with Gasteiger partial charge in [-0.2, -0.15) is 0 Å². The number of hydrogen-bond acceptors (Lipinski definition) is 2. The fraction of sp³-hybridized carbons (Fsp3) is 0.471. The van der Waals surface area contributed by atoms with Crippen molar-refractivity contribution in [1.82, 2.24) is 4.57 Å². The first-order valence-corrected chi connectivity index (χ1v) is 8.32. The van der Waals surface area contributed by atoms with Crippen LogP contribution in [0, 0.1) is 20.8 Å². The number of hydrogen-bond donors (Lipinski definition) is 0. The first kappa shape index (κ1) is 13.6. The molecular formula is C17H22N2S. The van der Waals surface area contributed by atoms with Crippen LogP contribution in [0.15, 0.2) is 28.6 Å². The van der Waals surface area contributed by atoms with Gasteiger partial charge in [0.2, 0.25) is 0 Å². The van der Waals surface area contributed by atoms with Crippen LogP contribution in [-0.2, 0) is 0 Å². The molecule has 0 unspecified atom stereocenters. The Kier molecular flexibility index (Phi) is 3.79. The molecule has 3 rings (SSSR count). The third-order valence-electron chi connectivity index (χ3n) is 4.18. The quantitative estimate of drug-likeness (QED) is 0.753. The van der Waals surface area contributed by atoms with Gasteiger partial charge in [-0.3, -0.25) is 0 Å². The summed E-state index contributed by atoms with van der Waals surface area (Å²) in [7, 11) is 0. The van der Waals surface area contributed by atoms with Crippen LogP contribution in [0.5, 0.6) is 0 Å². The minimum atomic E-state index is 0.658. The summed E-state index contributed by atoms with van der Waals surface area (Å²) >= 11 is 1.77. The van der Waals surface area contributed by atoms with Crippen molar-refractivity contribution in [3.63, 3.8) is 0 Å². The number of aromatic nitrogens is 1. The predicted molar refractivity (Wildman–Crippen MR) is 85.7 cm³/mol. The van der Waals surface area contributed by atoms with Crippen molar-refractivity contribution in [2.75, 3.05) is 0 Å². The monoisotopic (exact) mass is 286 g/mol. The standard InChI is InChI=1S/C17H22N2S/c1-12-8-9-16(13(2)10-12)18-17-19(14(3)11-20-17)15-6-4-5-7-15/h8-11,15H,4-7H2,1-3H3. The maximum atomic E-state index is 4.93. The average molecular weight is 286 g/mol. The Bertz CT molecular complexity index is 673. The number of nitrogens with zero attached hydrogens (tertiary/aromatic N) is 2. The maximum absolute atomic E-state index is 4.93. The highest BCUT2D eigenvalue weighted by Gasteiger charge is 2.19. The summed E-state index contributed by atoms with van der Waals surface area (Å²) in [6.07, 6.45) is 5.32. The molecule has 1 heterocycles. The first-order chi connectivity index (χ1) is 9.65. The second kappa shape index (κ2) is 5.57. The zero-order valence-electron chi connectivity index (χ0n) is 12.5. The lowest BCUT2D eigenvalue weighted by Gasteiger charge is -2.14. The van der Waals surface area contributed by atoms with E-state index in [2.05, 4.69) is 48.9 Å². The van der Waals surface area contributed by atoms with Gasteiger partial charge in [-0.15, -0.1) is 11.3 Å². The summed E-state index contributed by atoms with van der Waals surface area (Å²) in [5, 5.41) is 2.24. The van der Waals surface area contributed by atoms with Crippen molar-refractivity contribution in [2.24, 2.45) is 4.99 Å². The predicted octanol–water partition coefficient (Wildman–Crippen LogP) is 4.82. The highest BCUT2D eigenvalue weighted by molar-refractivity contribution is 7.07. The van der Waals surface area contributed by atoms with E-state index in [0.29, 0.717) is 6.04 Å². The molecule has 1 aliphatic rings. The molecule has 3 heteroatoms. The lowest BCUT2D eigenvalue weighted by atomic mass is 10.1. The Hall–Kier alpha value is -1.35. The van der Waals surface area contributed by atoms with Crippen molar-refractivity contribution in [3.05, 3.63) is 45.2 Å². The van der Waals surface area contributed by atoms with Gasteiger partial charge in [0, 0.05) is 17.1 Å². The van der Waals surface area contributed by atoms with Gasteiger partial charge in [-0.25, -0.2) is 4.99 Å². The van der Waals surface area contributed by atoms with Crippen LogP contribution in [0.4, 0.5) is 5.69 Å². The van der Waals surface area contributed by atoms with E-state index in [1.807, 2.05) is 0 Å². The molecule has 2 nitrogen and oxygen atoms in total. The molecule has 106 valence electrons. The van der Waals surface area contributed by atoms with Crippen molar-refractivity contribution in [2.45, 2.75) is 52.5 Å². The van der Waals surface area contributed by atoms with E-state index < -0.39 is 0 Å². The van der Waals surface area contributed by atoms with E-state index in [1.165, 1.54) is 42.5 Å². The summed E-state index contributed by atoms with van der Waals surface area (Å²) in [4.78, 5) is 6.08. The minimum Gasteiger partial charge on any atom is -0.318 e. The van der Waals surface area contributed by atoms with E-state index in [9.17, 15) is 0 Å². The number of thiazole rings is 1. The maximum Gasteiger partial charge on any atom is 0.190 e. The Morgan fingerprint density at radius 3 is 2.60 bits per heavy atom. The molecular weight excluding hydrogens is 264 g/mol. The Morgan fingerprint density at radius 2 is 1.90 bits per heavy atom. The molecule has 0 spiro atoms. The normalized spacial score (nSPS) is 17.1. The Balaban J connectivity index is 2.07. The van der Waals surface area contributed by atoms with Crippen LogP contribution in [0.25, 0.3) is 0 Å². The number of benzene rings is 1. The first-order valence-electron chi connectivity index (χ1n) is 7.44. The molecule has 0 saturated heterocycles. The summed E-state index contributed by atoms with van der Waals surface area (Å²) in [5.74, 6) is 0. The van der Waals surface area contributed by atoms with E-state index in [1.54, 1.807) is 11.3 Å². The number of rotatable bonds is 2. The summed E-state index contributed by atoms with van der Waals surface area (Å²) in [6, 6.07) is 7.15. The molecule has 0 N–H and O–H groups in total. The summed E-state index contributed by atoms with van der Waals surface area (Å²) in [5.41, 5.74) is 5.01. The topological polar surface area (TPSA) is 17.3 Å². The fourth-order valence-corrected chi connectivity index (χ4v) is 4.07. The molecule has 0 radical (unpaired) electrons. The number of aryl methyl sites for hydroxylation is 3. The molecule has 1 aromatic carbocycles. The molecule has 1 aliphatic carbocycles. The van der Waals surface area contributed by atoms with E-state index >= 15 is 0 Å². The zero-order valence-corrected chi connectivity index (χ0v) is 13.3. The van der Waals surface area contributed by atoms with E-state index in [4.69, 9.17) is 4.99 Å². The van der Waals surface area contributed by atoms with Crippen LogP contribution in [0.1, 0.15) is 48.5 Å². The van der Waals surface area contributed by atoms with Gasteiger partial charge in [0.15, 0.2) is 4.80 Å². The van der Waals surface area contributed by atoms with E-state index in [-0.39, 0.29) is 0 Å². The van der Waals surface area contributed by atoms with Crippen molar-refractivity contribution >= 4 is 17.0 Å². The third kappa shape index (κ3) is 2.59. The van der Waals surface area contributed by atoms with Crippen molar-refractivity contribution in [3.8, 4) is 0 Å². The van der Waals surface area contributed by atoms with Crippen LogP contribution in [-0.4, -0.2) is 4.57 Å². The van der Waals surface area contributed by atoms with Gasteiger partial charge < -0.3 is 4.57 Å². The van der Waals surface area contributed by atoms with Gasteiger partial charge in [0.25, 0.3) is 0 Å². The van der Waals surface area contributed by atoms with Crippen LogP contribution in [0.2, 0.25) is 0 Å². The largest absolute Gasteiger partial charge is 0.318 e. The van der Waals surface area contributed by atoms with Gasteiger partial charge in [0.05, 0.1) is 5.69 Å². The second-order valence-electron chi connectivity index (χ2n) is 5.87. The molecule has 2 aromatic rings. The molecule has 0 amide bonds. The summed E-state index contributed by atoms with van der Waals surface area (Å²) < 4.78 is 2.46. The van der Waals surface area contributed by atoms with Crippen LogP contribution in [0.3, 0.4) is 0 Å². The van der Waals surface area contributed by atoms with Gasteiger partial charge in [-0.1, -0.05) is 30.5 Å². The molecule has 0 bridgehead atoms. The fourth-order valence-electron chi connectivity index (χ4n) is 3.12. The highest BCUT2D eigenvalue weighted by Crippen LogP contribution is 2.30. The van der Waals surface area contributed by atoms with E-state index in [0.717, 1.165) is 10.5 Å². The van der Waals surface area contributed by atoms with Crippen LogP contribution < -0.4 is 4.80 Å². The molecule has 0 aliphatic heterocycles. The SMILES string of the molecule is Cc1ccc(N=c2scc(C)n2C2CCCC2)c(C)c1. The molecule has 1 fully saturated rings. The highest BCUT2D eigenvalue weighted by atomic mass is 32.1. The molecule has 1 saturated carbocycles. The molecule has 0 atom stereocenters. The lowest BCUT2D eigenvalue weighted by Crippen LogP contribution is -2.20. The lowest BCUT2D eigenvalue weighted by molar-refractivity contribution is 0.496. The van der Waals surface area contributed by atoms with Gasteiger partial charge >= 0.3 is 0 Å². The zero-order chi connectivity index (χ0) is 14.1.